The van der Waals surface area contributed by atoms with Crippen molar-refractivity contribution in [2.24, 2.45) is 0 Å². The number of hydrogen-bond donors (Lipinski definition) is 0. The molecule has 3 aromatic carbocycles. The normalized spacial score (nSPS) is 14.1. The van der Waals surface area contributed by atoms with Gasteiger partial charge in [0.15, 0.2) is 6.61 Å². The second-order valence-electron chi connectivity index (χ2n) is 8.55. The number of piperazine rings is 1. The van der Waals surface area contributed by atoms with Crippen LogP contribution >= 0.6 is 0 Å². The van der Waals surface area contributed by atoms with Gasteiger partial charge in [-0.25, -0.2) is 8.42 Å². The van der Waals surface area contributed by atoms with Crippen molar-refractivity contribution in [3.8, 4) is 11.5 Å². The number of methoxy groups -OCH3 is 1. The molecule has 36 heavy (non-hydrogen) atoms. The first-order valence-corrected chi connectivity index (χ1v) is 13.2. The Balaban J connectivity index is 1.28. The Kier molecular flexibility index (Phi) is 8.12. The van der Waals surface area contributed by atoms with Gasteiger partial charge in [-0.1, -0.05) is 42.5 Å². The van der Waals surface area contributed by atoms with E-state index in [9.17, 15) is 13.2 Å². The minimum atomic E-state index is -3.65. The van der Waals surface area contributed by atoms with Gasteiger partial charge in [0.1, 0.15) is 11.5 Å². The van der Waals surface area contributed by atoms with Gasteiger partial charge in [-0.05, 0) is 42.0 Å². The predicted octanol–water partition coefficient (Wildman–Crippen LogP) is 3.24. The lowest BCUT2D eigenvalue weighted by atomic mass is 10.2. The Bertz CT molecular complexity index is 1260. The first-order chi connectivity index (χ1) is 17.4. The van der Waals surface area contributed by atoms with Crippen LogP contribution in [0.25, 0.3) is 0 Å². The van der Waals surface area contributed by atoms with E-state index in [1.807, 2.05) is 54.6 Å². The van der Waals surface area contributed by atoms with Gasteiger partial charge in [0.05, 0.1) is 17.7 Å². The predicted molar refractivity (Wildman–Crippen MR) is 139 cm³/mol. The summed E-state index contributed by atoms with van der Waals surface area (Å²) in [7, 11) is -0.438. The Hall–Kier alpha value is -3.56. The molecule has 0 saturated carbocycles. The van der Waals surface area contributed by atoms with E-state index in [1.165, 1.54) is 16.4 Å². The van der Waals surface area contributed by atoms with Gasteiger partial charge < -0.3 is 19.3 Å². The standard InChI is InChI=1S/C27H31N3O5S/c1-28(20-22-8-4-3-5-9-22)36(32,33)24-14-12-23(13-15-24)35-21-27(31)30-18-16-29(17-19-30)25-10-6-7-11-26(25)34-2/h3-15H,16-21H2,1-2H3. The van der Waals surface area contributed by atoms with Crippen molar-refractivity contribution in [3.05, 3.63) is 84.4 Å². The number of sulfonamides is 1. The third-order valence-electron chi connectivity index (χ3n) is 6.20. The molecule has 0 aliphatic carbocycles. The van der Waals surface area contributed by atoms with Gasteiger partial charge in [-0.3, -0.25) is 4.79 Å². The highest BCUT2D eigenvalue weighted by atomic mass is 32.2. The summed E-state index contributed by atoms with van der Waals surface area (Å²) in [6.07, 6.45) is 0. The molecular weight excluding hydrogens is 478 g/mol. The summed E-state index contributed by atoms with van der Waals surface area (Å²) in [6.45, 7) is 2.76. The summed E-state index contributed by atoms with van der Waals surface area (Å²) in [5.74, 6) is 1.16. The maximum atomic E-state index is 12.9. The summed E-state index contributed by atoms with van der Waals surface area (Å²) in [4.78, 5) is 16.8. The fourth-order valence-electron chi connectivity index (χ4n) is 4.14. The fraction of sp³-hybridized carbons (Fsp3) is 0.296. The van der Waals surface area contributed by atoms with E-state index >= 15 is 0 Å². The summed E-state index contributed by atoms with van der Waals surface area (Å²) in [5.41, 5.74) is 1.93. The first kappa shape index (κ1) is 25.5. The van der Waals surface area contributed by atoms with Crippen molar-refractivity contribution in [1.82, 2.24) is 9.21 Å². The largest absolute Gasteiger partial charge is 0.495 e. The van der Waals surface area contributed by atoms with Crippen LogP contribution in [0.5, 0.6) is 11.5 Å². The number of para-hydroxylation sites is 2. The van der Waals surface area contributed by atoms with Crippen LogP contribution in [-0.4, -0.2) is 70.5 Å². The maximum Gasteiger partial charge on any atom is 0.260 e. The highest BCUT2D eigenvalue weighted by molar-refractivity contribution is 7.89. The smallest absolute Gasteiger partial charge is 0.260 e. The molecule has 0 N–H and O–H groups in total. The molecule has 9 heteroatoms. The number of carbonyl (C=O) groups excluding carboxylic acids is 1. The van der Waals surface area contributed by atoms with Crippen molar-refractivity contribution in [3.63, 3.8) is 0 Å². The van der Waals surface area contributed by atoms with Gasteiger partial charge in [0.2, 0.25) is 10.0 Å². The van der Waals surface area contributed by atoms with Gasteiger partial charge in [-0.2, -0.15) is 4.31 Å². The quantitative estimate of drug-likeness (QED) is 0.441. The van der Waals surface area contributed by atoms with Crippen LogP contribution in [0.15, 0.2) is 83.8 Å². The van der Waals surface area contributed by atoms with Gasteiger partial charge in [0.25, 0.3) is 5.91 Å². The van der Waals surface area contributed by atoms with Crippen LogP contribution in [0, 0.1) is 0 Å². The molecule has 0 bridgehead atoms. The van der Waals surface area contributed by atoms with E-state index < -0.39 is 10.0 Å². The molecule has 0 radical (unpaired) electrons. The van der Waals surface area contributed by atoms with E-state index in [0.29, 0.717) is 31.9 Å². The second-order valence-corrected chi connectivity index (χ2v) is 10.6. The zero-order chi connectivity index (χ0) is 25.5. The van der Waals surface area contributed by atoms with E-state index in [4.69, 9.17) is 9.47 Å². The number of nitrogens with zero attached hydrogens (tertiary/aromatic N) is 3. The number of benzene rings is 3. The lowest BCUT2D eigenvalue weighted by Gasteiger charge is -2.36. The molecule has 0 aromatic heterocycles. The van der Waals surface area contributed by atoms with E-state index in [-0.39, 0.29) is 24.0 Å². The number of rotatable bonds is 9. The molecule has 0 atom stereocenters. The number of amides is 1. The SMILES string of the molecule is COc1ccccc1N1CCN(C(=O)COc2ccc(S(=O)(=O)N(C)Cc3ccccc3)cc2)CC1. The lowest BCUT2D eigenvalue weighted by Crippen LogP contribution is -2.50. The molecule has 1 amide bonds. The maximum absolute atomic E-state index is 12.9. The average Bonchev–Trinajstić information content (AvgIpc) is 2.92. The molecule has 1 saturated heterocycles. The van der Waals surface area contributed by atoms with Crippen molar-refractivity contribution in [2.45, 2.75) is 11.4 Å². The summed E-state index contributed by atoms with van der Waals surface area (Å²) < 4.78 is 38.2. The van der Waals surface area contributed by atoms with Crippen molar-refractivity contribution >= 4 is 21.6 Å². The topological polar surface area (TPSA) is 79.4 Å². The Morgan fingerprint density at radius 2 is 1.53 bits per heavy atom. The fourth-order valence-corrected chi connectivity index (χ4v) is 5.30. The number of ether oxygens (including phenoxy) is 2. The van der Waals surface area contributed by atoms with Gasteiger partial charge in [0, 0.05) is 39.8 Å². The molecule has 1 heterocycles. The summed E-state index contributed by atoms with van der Waals surface area (Å²) in [6, 6.07) is 23.4. The molecule has 1 aliphatic rings. The molecule has 1 fully saturated rings. The van der Waals surface area contributed by atoms with Crippen LogP contribution in [0.2, 0.25) is 0 Å². The van der Waals surface area contributed by atoms with E-state index in [2.05, 4.69) is 4.90 Å². The van der Waals surface area contributed by atoms with Crippen LogP contribution in [0.4, 0.5) is 5.69 Å². The molecule has 0 spiro atoms. The minimum Gasteiger partial charge on any atom is -0.495 e. The summed E-state index contributed by atoms with van der Waals surface area (Å²) >= 11 is 0. The third kappa shape index (κ3) is 5.98. The first-order valence-electron chi connectivity index (χ1n) is 11.8. The zero-order valence-electron chi connectivity index (χ0n) is 20.5. The zero-order valence-corrected chi connectivity index (χ0v) is 21.4. The highest BCUT2D eigenvalue weighted by Gasteiger charge is 2.24. The Morgan fingerprint density at radius 3 is 2.19 bits per heavy atom. The molecule has 1 aliphatic heterocycles. The Labute approximate surface area is 212 Å². The van der Waals surface area contributed by atoms with Gasteiger partial charge >= 0.3 is 0 Å². The summed E-state index contributed by atoms with van der Waals surface area (Å²) in [5, 5.41) is 0. The van der Waals surface area contributed by atoms with Crippen LogP contribution in [0.3, 0.4) is 0 Å². The van der Waals surface area contributed by atoms with Gasteiger partial charge in [-0.15, -0.1) is 0 Å². The number of hydrogen-bond acceptors (Lipinski definition) is 6. The number of anilines is 1. The van der Waals surface area contributed by atoms with Crippen molar-refractivity contribution in [2.75, 3.05) is 51.8 Å². The molecule has 8 nitrogen and oxygen atoms in total. The average molecular weight is 510 g/mol. The van der Waals surface area contributed by atoms with Crippen molar-refractivity contribution in [1.29, 1.82) is 0 Å². The molecule has 0 unspecified atom stereocenters. The second kappa shape index (κ2) is 11.5. The third-order valence-corrected chi connectivity index (χ3v) is 8.02. The molecular formula is C27H31N3O5S. The van der Waals surface area contributed by atoms with Crippen molar-refractivity contribution < 1.29 is 22.7 Å². The van der Waals surface area contributed by atoms with Crippen LogP contribution < -0.4 is 14.4 Å². The molecule has 3 aromatic rings. The highest BCUT2D eigenvalue weighted by Crippen LogP contribution is 2.28. The molecule has 4 rings (SSSR count). The number of carbonyl (C=O) groups is 1. The molecule has 190 valence electrons. The Morgan fingerprint density at radius 1 is 0.889 bits per heavy atom. The minimum absolute atomic E-state index is 0.103. The van der Waals surface area contributed by atoms with E-state index in [0.717, 1.165) is 17.0 Å². The lowest BCUT2D eigenvalue weighted by molar-refractivity contribution is -0.133. The van der Waals surface area contributed by atoms with E-state index in [1.54, 1.807) is 31.2 Å². The van der Waals surface area contributed by atoms with Crippen LogP contribution in [-0.2, 0) is 21.4 Å². The van der Waals surface area contributed by atoms with Crippen LogP contribution in [0.1, 0.15) is 5.56 Å². The monoisotopic (exact) mass is 509 g/mol.